The van der Waals surface area contributed by atoms with Crippen molar-refractivity contribution in [3.63, 3.8) is 0 Å². The minimum absolute atomic E-state index is 0.534. The monoisotopic (exact) mass is 378 g/mol. The van der Waals surface area contributed by atoms with E-state index in [1.807, 2.05) is 18.3 Å². The largest absolute Gasteiger partial charge is 0.437 e. The highest BCUT2D eigenvalue weighted by atomic mass is 16.3. The fourth-order valence-electron chi connectivity index (χ4n) is 3.86. The molecule has 3 aromatic heterocycles. The van der Waals surface area contributed by atoms with Crippen LogP contribution in [-0.2, 0) is 0 Å². The van der Waals surface area contributed by atoms with E-state index in [1.54, 1.807) is 6.20 Å². The van der Waals surface area contributed by atoms with Gasteiger partial charge in [0, 0.05) is 34.3 Å². The van der Waals surface area contributed by atoms with Crippen LogP contribution in [0.1, 0.15) is 30.9 Å². The summed E-state index contributed by atoms with van der Waals surface area (Å²) in [5, 5.41) is 2.11. The summed E-state index contributed by atoms with van der Waals surface area (Å²) in [7, 11) is 0. The molecular weight excluding hydrogens is 356 g/mol. The molecule has 0 N–H and O–H groups in total. The van der Waals surface area contributed by atoms with Gasteiger partial charge in [0.1, 0.15) is 5.58 Å². The Balaban J connectivity index is 1.59. The Hall–Kier alpha value is -3.46. The third-order valence-corrected chi connectivity index (χ3v) is 5.56. The Morgan fingerprint density at radius 1 is 0.793 bits per heavy atom. The molecule has 3 heteroatoms. The van der Waals surface area contributed by atoms with E-state index in [2.05, 4.69) is 74.3 Å². The lowest BCUT2D eigenvalue weighted by Gasteiger charge is -2.09. The number of hydrogen-bond donors (Lipinski definition) is 0. The molecule has 0 bridgehead atoms. The first-order valence-electron chi connectivity index (χ1n) is 9.95. The van der Waals surface area contributed by atoms with E-state index in [-0.39, 0.29) is 0 Å². The Morgan fingerprint density at radius 3 is 2.31 bits per heavy atom. The first-order valence-corrected chi connectivity index (χ1v) is 9.95. The smallest absolute Gasteiger partial charge is 0.227 e. The molecule has 0 saturated heterocycles. The van der Waals surface area contributed by atoms with Gasteiger partial charge in [0.05, 0.1) is 5.69 Å². The van der Waals surface area contributed by atoms with Gasteiger partial charge >= 0.3 is 0 Å². The summed E-state index contributed by atoms with van der Waals surface area (Å²) in [6, 6.07) is 21.2. The maximum atomic E-state index is 6.12. The van der Waals surface area contributed by atoms with Crippen LogP contribution in [0.2, 0.25) is 0 Å². The van der Waals surface area contributed by atoms with Crippen molar-refractivity contribution in [1.82, 2.24) is 9.97 Å². The number of aryl methyl sites for hydroxylation is 1. The summed E-state index contributed by atoms with van der Waals surface area (Å²) in [4.78, 5) is 9.15. The maximum Gasteiger partial charge on any atom is 0.227 e. The van der Waals surface area contributed by atoms with Gasteiger partial charge in [0.2, 0.25) is 5.71 Å². The Labute approximate surface area is 170 Å². The highest BCUT2D eigenvalue weighted by molar-refractivity contribution is 6.08. The van der Waals surface area contributed by atoms with Gasteiger partial charge in [0.25, 0.3) is 0 Å². The third-order valence-electron chi connectivity index (χ3n) is 5.56. The predicted molar refractivity (Wildman–Crippen MR) is 119 cm³/mol. The van der Waals surface area contributed by atoms with Crippen LogP contribution in [0.5, 0.6) is 0 Å². The number of fused-ring (bicyclic) bond motifs is 3. The quantitative estimate of drug-likeness (QED) is 0.335. The second-order valence-corrected chi connectivity index (χ2v) is 7.80. The molecule has 3 nitrogen and oxygen atoms in total. The van der Waals surface area contributed by atoms with Crippen molar-refractivity contribution >= 4 is 22.1 Å². The van der Waals surface area contributed by atoms with Crippen LogP contribution in [0.4, 0.5) is 0 Å². The zero-order valence-electron chi connectivity index (χ0n) is 16.8. The molecule has 0 aliphatic carbocycles. The summed E-state index contributed by atoms with van der Waals surface area (Å²) in [6.45, 7) is 6.51. The summed E-state index contributed by atoms with van der Waals surface area (Å²) in [6.07, 6.45) is 3.70. The molecular formula is C26H22N2O. The highest BCUT2D eigenvalue weighted by Crippen LogP contribution is 2.36. The van der Waals surface area contributed by atoms with Gasteiger partial charge in [-0.15, -0.1) is 0 Å². The van der Waals surface area contributed by atoms with Crippen molar-refractivity contribution in [2.45, 2.75) is 26.7 Å². The lowest BCUT2D eigenvalue weighted by Crippen LogP contribution is -1.90. The molecule has 5 aromatic rings. The Morgan fingerprint density at radius 2 is 1.59 bits per heavy atom. The molecule has 0 radical (unpaired) electrons. The molecule has 2 aromatic carbocycles. The number of rotatable bonds is 3. The lowest BCUT2D eigenvalue weighted by atomic mass is 9.98. The standard InChI is InChI=1S/C26H22N2O/c1-16(2)18-7-9-19(10-8-18)20-11-13-23(28-15-20)24-17(3)6-12-21-22-5-4-14-27-26(22)29-25(21)24/h4-16H,1-3H3. The second kappa shape index (κ2) is 6.85. The van der Waals surface area contributed by atoms with Crippen molar-refractivity contribution in [1.29, 1.82) is 0 Å². The number of nitrogens with zero attached hydrogens (tertiary/aromatic N) is 2. The Bertz CT molecular complexity index is 1310. The lowest BCUT2D eigenvalue weighted by molar-refractivity contribution is 0.654. The summed E-state index contributed by atoms with van der Waals surface area (Å²) >= 11 is 0. The van der Waals surface area contributed by atoms with E-state index in [0.29, 0.717) is 11.6 Å². The van der Waals surface area contributed by atoms with Crippen LogP contribution in [0.15, 0.2) is 77.5 Å². The molecule has 0 saturated carbocycles. The van der Waals surface area contributed by atoms with Crippen molar-refractivity contribution in [3.8, 4) is 22.4 Å². The number of furan rings is 1. The summed E-state index contributed by atoms with van der Waals surface area (Å²) in [5.74, 6) is 0.534. The molecule has 0 aliphatic rings. The van der Waals surface area contributed by atoms with Crippen LogP contribution in [0.25, 0.3) is 44.5 Å². The minimum atomic E-state index is 0.534. The third kappa shape index (κ3) is 2.99. The van der Waals surface area contributed by atoms with Gasteiger partial charge in [-0.1, -0.05) is 56.3 Å². The van der Waals surface area contributed by atoms with Crippen LogP contribution >= 0.6 is 0 Å². The fraction of sp³-hybridized carbons (Fsp3) is 0.154. The van der Waals surface area contributed by atoms with Gasteiger partial charge in [-0.05, 0) is 47.7 Å². The van der Waals surface area contributed by atoms with Gasteiger partial charge in [0.15, 0.2) is 0 Å². The molecule has 0 aliphatic heterocycles. The van der Waals surface area contributed by atoms with Crippen LogP contribution < -0.4 is 0 Å². The molecule has 0 fully saturated rings. The van der Waals surface area contributed by atoms with E-state index >= 15 is 0 Å². The fourth-order valence-corrected chi connectivity index (χ4v) is 3.86. The van der Waals surface area contributed by atoms with Crippen molar-refractivity contribution in [2.75, 3.05) is 0 Å². The zero-order valence-corrected chi connectivity index (χ0v) is 16.8. The van der Waals surface area contributed by atoms with Crippen LogP contribution in [0, 0.1) is 6.92 Å². The topological polar surface area (TPSA) is 38.9 Å². The number of benzene rings is 2. The summed E-state index contributed by atoms with van der Waals surface area (Å²) in [5.41, 5.74) is 8.22. The first-order chi connectivity index (χ1) is 14.1. The first kappa shape index (κ1) is 17.6. The van der Waals surface area contributed by atoms with E-state index in [1.165, 1.54) is 11.1 Å². The van der Waals surface area contributed by atoms with E-state index < -0.39 is 0 Å². The number of pyridine rings is 2. The van der Waals surface area contributed by atoms with Gasteiger partial charge in [-0.2, -0.15) is 0 Å². The zero-order chi connectivity index (χ0) is 20.0. The van der Waals surface area contributed by atoms with Gasteiger partial charge in [-0.3, -0.25) is 4.98 Å². The van der Waals surface area contributed by atoms with Crippen molar-refractivity contribution < 1.29 is 4.42 Å². The average Bonchev–Trinajstić information content (AvgIpc) is 3.12. The van der Waals surface area contributed by atoms with Gasteiger partial charge in [-0.25, -0.2) is 4.98 Å². The average molecular weight is 378 g/mol. The molecule has 5 rings (SSSR count). The minimum Gasteiger partial charge on any atom is -0.437 e. The molecule has 0 atom stereocenters. The second-order valence-electron chi connectivity index (χ2n) is 7.80. The van der Waals surface area contributed by atoms with Crippen molar-refractivity contribution in [2.24, 2.45) is 0 Å². The summed E-state index contributed by atoms with van der Waals surface area (Å²) < 4.78 is 6.12. The molecule has 0 amide bonds. The predicted octanol–water partition coefficient (Wildman–Crippen LogP) is 7.14. The SMILES string of the molecule is Cc1ccc2c(oc3ncccc32)c1-c1ccc(-c2ccc(C(C)C)cc2)cn1. The van der Waals surface area contributed by atoms with Crippen LogP contribution in [0.3, 0.4) is 0 Å². The normalized spacial score (nSPS) is 11.6. The van der Waals surface area contributed by atoms with Gasteiger partial charge < -0.3 is 4.42 Å². The van der Waals surface area contributed by atoms with Crippen LogP contribution in [-0.4, -0.2) is 9.97 Å². The highest BCUT2D eigenvalue weighted by Gasteiger charge is 2.16. The van der Waals surface area contributed by atoms with E-state index in [4.69, 9.17) is 9.40 Å². The van der Waals surface area contributed by atoms with Crippen molar-refractivity contribution in [3.05, 3.63) is 84.2 Å². The number of hydrogen-bond acceptors (Lipinski definition) is 3. The maximum absolute atomic E-state index is 6.12. The van der Waals surface area contributed by atoms with E-state index in [9.17, 15) is 0 Å². The molecule has 0 spiro atoms. The molecule has 29 heavy (non-hydrogen) atoms. The molecule has 142 valence electrons. The number of aromatic nitrogens is 2. The molecule has 3 heterocycles. The van der Waals surface area contributed by atoms with E-state index in [0.717, 1.165) is 38.7 Å². The Kier molecular flexibility index (Phi) is 4.17. The molecule has 0 unspecified atom stereocenters.